The molecule has 0 saturated heterocycles. The summed E-state index contributed by atoms with van der Waals surface area (Å²) in [6.07, 6.45) is 6.79. The number of aromatic nitrogens is 2. The minimum Gasteiger partial charge on any atom is -0.473 e. The quantitative estimate of drug-likeness (QED) is 0.856. The highest BCUT2D eigenvalue weighted by molar-refractivity contribution is 5.26. The number of hydrogen-bond donors (Lipinski definition) is 1. The van der Waals surface area contributed by atoms with Gasteiger partial charge in [0.05, 0.1) is 12.4 Å². The molecule has 17 heavy (non-hydrogen) atoms. The lowest BCUT2D eigenvalue weighted by Gasteiger charge is -2.38. The number of anilines is 1. The van der Waals surface area contributed by atoms with E-state index in [-0.39, 0.29) is 6.10 Å². The van der Waals surface area contributed by atoms with Crippen LogP contribution in [0, 0.1) is 11.3 Å². The molecule has 0 radical (unpaired) electrons. The Morgan fingerprint density at radius 2 is 2.12 bits per heavy atom. The topological polar surface area (TPSA) is 61.0 Å². The second-order valence-electron chi connectivity index (χ2n) is 5.94. The lowest BCUT2D eigenvalue weighted by atomic mass is 9.71. The Morgan fingerprint density at radius 1 is 1.35 bits per heavy atom. The maximum Gasteiger partial charge on any atom is 0.234 e. The van der Waals surface area contributed by atoms with Crippen molar-refractivity contribution in [1.82, 2.24) is 9.97 Å². The molecular weight excluding hydrogens is 214 g/mol. The van der Waals surface area contributed by atoms with Crippen molar-refractivity contribution < 1.29 is 4.74 Å². The van der Waals surface area contributed by atoms with Gasteiger partial charge in [0.1, 0.15) is 11.9 Å². The molecular formula is C13H21N3O. The predicted octanol–water partition coefficient (Wildman–Crippen LogP) is 2.65. The van der Waals surface area contributed by atoms with Crippen LogP contribution in [0.1, 0.15) is 40.0 Å². The number of rotatable bonds is 2. The van der Waals surface area contributed by atoms with Crippen LogP contribution in [-0.4, -0.2) is 16.1 Å². The Labute approximate surface area is 103 Å². The summed E-state index contributed by atoms with van der Waals surface area (Å²) in [4.78, 5) is 8.13. The van der Waals surface area contributed by atoms with Gasteiger partial charge in [-0.25, -0.2) is 0 Å². The lowest BCUT2D eigenvalue weighted by molar-refractivity contribution is 0.0531. The summed E-state index contributed by atoms with van der Waals surface area (Å²) in [6, 6.07) is 0. The third-order valence-corrected chi connectivity index (χ3v) is 3.27. The molecule has 0 aliphatic heterocycles. The molecule has 2 unspecified atom stereocenters. The van der Waals surface area contributed by atoms with Crippen LogP contribution in [0.3, 0.4) is 0 Å². The molecule has 4 nitrogen and oxygen atoms in total. The fourth-order valence-corrected chi connectivity index (χ4v) is 2.94. The Bertz CT molecular complexity index is 392. The highest BCUT2D eigenvalue weighted by Gasteiger charge is 2.33. The molecule has 1 heterocycles. The average molecular weight is 235 g/mol. The van der Waals surface area contributed by atoms with Crippen LogP contribution < -0.4 is 10.5 Å². The second kappa shape index (κ2) is 4.51. The molecule has 0 spiro atoms. The van der Waals surface area contributed by atoms with E-state index in [1.165, 1.54) is 12.6 Å². The van der Waals surface area contributed by atoms with Gasteiger partial charge >= 0.3 is 0 Å². The van der Waals surface area contributed by atoms with E-state index in [9.17, 15) is 0 Å². The van der Waals surface area contributed by atoms with Crippen LogP contribution in [0.15, 0.2) is 12.4 Å². The molecule has 0 aromatic carbocycles. The molecule has 0 amide bonds. The van der Waals surface area contributed by atoms with Crippen molar-refractivity contribution in [3.8, 4) is 5.88 Å². The van der Waals surface area contributed by atoms with Crippen LogP contribution in [-0.2, 0) is 0 Å². The van der Waals surface area contributed by atoms with Gasteiger partial charge in [0.15, 0.2) is 0 Å². The summed E-state index contributed by atoms with van der Waals surface area (Å²) in [7, 11) is 0. The van der Waals surface area contributed by atoms with E-state index in [0.717, 1.165) is 12.8 Å². The number of hydrogen-bond acceptors (Lipinski definition) is 4. The molecule has 2 N–H and O–H groups in total. The first-order valence-corrected chi connectivity index (χ1v) is 6.19. The molecule has 1 saturated carbocycles. The minimum atomic E-state index is 0.227. The van der Waals surface area contributed by atoms with Gasteiger partial charge in [-0.15, -0.1) is 0 Å². The van der Waals surface area contributed by atoms with Crippen molar-refractivity contribution in [1.29, 1.82) is 0 Å². The smallest absolute Gasteiger partial charge is 0.234 e. The first-order valence-electron chi connectivity index (χ1n) is 6.19. The van der Waals surface area contributed by atoms with E-state index < -0.39 is 0 Å². The van der Waals surface area contributed by atoms with Crippen LogP contribution in [0.2, 0.25) is 0 Å². The normalized spacial score (nSPS) is 27.7. The summed E-state index contributed by atoms with van der Waals surface area (Å²) in [6.45, 7) is 6.87. The highest BCUT2D eigenvalue weighted by atomic mass is 16.5. The number of nitrogens with zero attached hydrogens (tertiary/aromatic N) is 2. The van der Waals surface area contributed by atoms with Gasteiger partial charge < -0.3 is 10.5 Å². The van der Waals surface area contributed by atoms with Crippen molar-refractivity contribution in [2.45, 2.75) is 46.1 Å². The summed E-state index contributed by atoms with van der Waals surface area (Å²) in [5, 5.41) is 0. The highest BCUT2D eigenvalue weighted by Crippen LogP contribution is 2.39. The summed E-state index contributed by atoms with van der Waals surface area (Å²) < 4.78 is 5.89. The van der Waals surface area contributed by atoms with Gasteiger partial charge in [-0.3, -0.25) is 4.98 Å². The third kappa shape index (κ3) is 3.32. The zero-order valence-corrected chi connectivity index (χ0v) is 10.8. The Morgan fingerprint density at radius 3 is 2.76 bits per heavy atom. The van der Waals surface area contributed by atoms with Crippen molar-refractivity contribution in [3.05, 3.63) is 12.4 Å². The van der Waals surface area contributed by atoms with Crippen LogP contribution >= 0.6 is 0 Å². The fourth-order valence-electron chi connectivity index (χ4n) is 2.94. The molecule has 1 fully saturated rings. The molecule has 2 rings (SSSR count). The van der Waals surface area contributed by atoms with Gasteiger partial charge in [-0.2, -0.15) is 4.98 Å². The first kappa shape index (κ1) is 12.1. The maximum absolute atomic E-state index is 5.89. The van der Waals surface area contributed by atoms with Gasteiger partial charge in [0, 0.05) is 0 Å². The summed E-state index contributed by atoms with van der Waals surface area (Å²) in [5.74, 6) is 1.64. The zero-order chi connectivity index (χ0) is 12.5. The van der Waals surface area contributed by atoms with Gasteiger partial charge in [-0.1, -0.05) is 20.8 Å². The van der Waals surface area contributed by atoms with Gasteiger partial charge in [0.25, 0.3) is 0 Å². The average Bonchev–Trinajstić information content (AvgIpc) is 2.13. The summed E-state index contributed by atoms with van der Waals surface area (Å²) in [5.41, 5.74) is 5.93. The largest absolute Gasteiger partial charge is 0.473 e. The van der Waals surface area contributed by atoms with E-state index >= 15 is 0 Å². The Balaban J connectivity index is 2.03. The first-order chi connectivity index (χ1) is 7.94. The van der Waals surface area contributed by atoms with E-state index in [4.69, 9.17) is 10.5 Å². The van der Waals surface area contributed by atoms with Crippen LogP contribution in [0.5, 0.6) is 5.88 Å². The number of nitrogen functional groups attached to an aromatic ring is 1. The predicted molar refractivity (Wildman–Crippen MR) is 67.7 cm³/mol. The molecule has 1 aromatic rings. The third-order valence-electron chi connectivity index (χ3n) is 3.27. The zero-order valence-electron chi connectivity index (χ0n) is 10.8. The van der Waals surface area contributed by atoms with Crippen molar-refractivity contribution in [2.24, 2.45) is 11.3 Å². The van der Waals surface area contributed by atoms with Crippen molar-refractivity contribution in [2.75, 3.05) is 5.73 Å². The lowest BCUT2D eigenvalue weighted by Crippen LogP contribution is -2.34. The second-order valence-corrected chi connectivity index (χ2v) is 5.94. The van der Waals surface area contributed by atoms with Gasteiger partial charge in [0.2, 0.25) is 5.88 Å². The number of ether oxygens (including phenoxy) is 1. The van der Waals surface area contributed by atoms with Crippen molar-refractivity contribution in [3.63, 3.8) is 0 Å². The van der Waals surface area contributed by atoms with Gasteiger partial charge in [-0.05, 0) is 30.6 Å². The molecule has 1 aliphatic rings. The Kier molecular flexibility index (Phi) is 3.22. The molecule has 94 valence electrons. The molecule has 4 heteroatoms. The van der Waals surface area contributed by atoms with E-state index in [0.29, 0.717) is 23.0 Å². The molecule has 2 atom stereocenters. The Hall–Kier alpha value is -1.32. The monoisotopic (exact) mass is 235 g/mol. The SMILES string of the molecule is CC1CC(Oc2cncc(N)n2)CC(C)(C)C1. The number of nitrogens with two attached hydrogens (primary N) is 1. The molecule has 0 bridgehead atoms. The molecule has 1 aromatic heterocycles. The maximum atomic E-state index is 5.89. The van der Waals surface area contributed by atoms with E-state index in [1.54, 1.807) is 6.20 Å². The minimum absolute atomic E-state index is 0.227. The van der Waals surface area contributed by atoms with E-state index in [1.807, 2.05) is 0 Å². The van der Waals surface area contributed by atoms with E-state index in [2.05, 4.69) is 30.7 Å². The van der Waals surface area contributed by atoms with Crippen molar-refractivity contribution >= 4 is 5.82 Å². The molecule has 1 aliphatic carbocycles. The standard InChI is InChI=1S/C13H21N3O/c1-9-4-10(6-13(2,3)5-9)17-12-8-15-7-11(14)16-12/h7-10H,4-6H2,1-3H3,(H2,14,16). The summed E-state index contributed by atoms with van der Waals surface area (Å²) >= 11 is 0. The fraction of sp³-hybridized carbons (Fsp3) is 0.692. The van der Waals surface area contributed by atoms with Crippen LogP contribution in [0.25, 0.3) is 0 Å². The van der Waals surface area contributed by atoms with Crippen LogP contribution in [0.4, 0.5) is 5.82 Å².